The molecule has 2 nitrogen and oxygen atoms in total. The Bertz CT molecular complexity index is 211. The summed E-state index contributed by atoms with van der Waals surface area (Å²) in [5.74, 6) is 1.89. The van der Waals surface area contributed by atoms with Gasteiger partial charge in [0.25, 0.3) is 0 Å². The van der Waals surface area contributed by atoms with Crippen LogP contribution in [0.5, 0.6) is 0 Å². The van der Waals surface area contributed by atoms with E-state index < -0.39 is 0 Å². The monoisotopic (exact) mass is 225 g/mol. The summed E-state index contributed by atoms with van der Waals surface area (Å²) in [5.41, 5.74) is 5.72. The highest BCUT2D eigenvalue weighted by molar-refractivity contribution is 5.80. The van der Waals surface area contributed by atoms with E-state index in [1.54, 1.807) is 6.92 Å². The summed E-state index contributed by atoms with van der Waals surface area (Å²) in [7, 11) is 0. The summed E-state index contributed by atoms with van der Waals surface area (Å²) in [6.45, 7) is 3.87. The summed E-state index contributed by atoms with van der Waals surface area (Å²) in [6.07, 6.45) is 10.4. The maximum atomic E-state index is 11.0. The molecule has 1 aliphatic carbocycles. The molecule has 0 heterocycles. The molecule has 0 spiro atoms. The third kappa shape index (κ3) is 5.11. The van der Waals surface area contributed by atoms with Gasteiger partial charge in [-0.3, -0.25) is 4.79 Å². The lowest BCUT2D eigenvalue weighted by atomic mass is 9.81. The molecule has 0 aliphatic heterocycles. The average molecular weight is 225 g/mol. The number of Topliss-reactive ketones (excluding diaryl/α,β-unsaturated/α-hetero) is 1. The van der Waals surface area contributed by atoms with E-state index >= 15 is 0 Å². The molecule has 0 bridgehead atoms. The molecule has 1 fully saturated rings. The second-order valence-electron chi connectivity index (χ2n) is 5.63. The number of ketones is 1. The molecule has 2 N–H and O–H groups in total. The van der Waals surface area contributed by atoms with Gasteiger partial charge in [-0.2, -0.15) is 0 Å². The Kier molecular flexibility index (Phi) is 6.04. The van der Waals surface area contributed by atoms with Crippen molar-refractivity contribution in [1.82, 2.24) is 0 Å². The first-order chi connectivity index (χ1) is 7.59. The fraction of sp³-hybridized carbons (Fsp3) is 0.929. The predicted molar refractivity (Wildman–Crippen MR) is 68.2 cm³/mol. The van der Waals surface area contributed by atoms with E-state index in [1.807, 2.05) is 0 Å². The van der Waals surface area contributed by atoms with Gasteiger partial charge in [0, 0.05) is 0 Å². The minimum atomic E-state index is -0.228. The minimum Gasteiger partial charge on any atom is -0.322 e. The van der Waals surface area contributed by atoms with E-state index in [2.05, 4.69) is 6.92 Å². The fourth-order valence-electron chi connectivity index (χ4n) is 2.35. The normalized spacial score (nSPS) is 20.2. The van der Waals surface area contributed by atoms with Crippen LogP contribution in [0.1, 0.15) is 65.2 Å². The lowest BCUT2D eigenvalue weighted by molar-refractivity contribution is -0.118. The Morgan fingerprint density at radius 3 is 2.50 bits per heavy atom. The number of carbonyl (C=O) groups excluding carboxylic acids is 1. The van der Waals surface area contributed by atoms with Crippen LogP contribution in [0.3, 0.4) is 0 Å². The van der Waals surface area contributed by atoms with E-state index in [1.165, 1.54) is 38.5 Å². The van der Waals surface area contributed by atoms with Gasteiger partial charge >= 0.3 is 0 Å². The lowest BCUT2D eigenvalue weighted by Crippen LogP contribution is -2.28. The molecule has 0 aromatic carbocycles. The van der Waals surface area contributed by atoms with Crippen LogP contribution in [0.4, 0.5) is 0 Å². The molecular weight excluding hydrogens is 198 g/mol. The van der Waals surface area contributed by atoms with E-state index in [0.717, 1.165) is 24.7 Å². The van der Waals surface area contributed by atoms with Crippen molar-refractivity contribution in [2.24, 2.45) is 17.6 Å². The van der Waals surface area contributed by atoms with Crippen LogP contribution in [-0.2, 0) is 4.79 Å². The van der Waals surface area contributed by atoms with E-state index in [-0.39, 0.29) is 11.8 Å². The molecular formula is C14H27NO. The van der Waals surface area contributed by atoms with Crippen molar-refractivity contribution in [2.45, 2.75) is 71.3 Å². The third-order valence-corrected chi connectivity index (χ3v) is 4.03. The molecule has 1 rings (SSSR count). The van der Waals surface area contributed by atoms with Crippen LogP contribution >= 0.6 is 0 Å². The summed E-state index contributed by atoms with van der Waals surface area (Å²) in [6, 6.07) is -0.228. The number of carbonyl (C=O) groups is 1. The third-order valence-electron chi connectivity index (χ3n) is 4.03. The van der Waals surface area contributed by atoms with Gasteiger partial charge < -0.3 is 5.73 Å². The Balaban J connectivity index is 1.97. The molecule has 1 aliphatic rings. The maximum absolute atomic E-state index is 11.0. The van der Waals surface area contributed by atoms with Gasteiger partial charge in [0.2, 0.25) is 0 Å². The molecule has 0 aromatic rings. The van der Waals surface area contributed by atoms with Crippen LogP contribution in [-0.4, -0.2) is 11.8 Å². The highest BCUT2D eigenvalue weighted by Gasteiger charge is 2.17. The molecule has 94 valence electrons. The highest BCUT2D eigenvalue weighted by Crippen LogP contribution is 2.31. The van der Waals surface area contributed by atoms with E-state index in [0.29, 0.717) is 0 Å². The second-order valence-corrected chi connectivity index (χ2v) is 5.63. The van der Waals surface area contributed by atoms with Crippen LogP contribution in [0.2, 0.25) is 0 Å². The van der Waals surface area contributed by atoms with Gasteiger partial charge in [0.15, 0.2) is 0 Å². The number of nitrogens with two attached hydrogens (primary N) is 1. The van der Waals surface area contributed by atoms with Crippen LogP contribution in [0.25, 0.3) is 0 Å². The van der Waals surface area contributed by atoms with Crippen molar-refractivity contribution >= 4 is 5.78 Å². The second kappa shape index (κ2) is 7.05. The van der Waals surface area contributed by atoms with Gasteiger partial charge in [-0.1, -0.05) is 45.4 Å². The Hall–Kier alpha value is -0.370. The number of hydrogen-bond acceptors (Lipinski definition) is 2. The molecule has 16 heavy (non-hydrogen) atoms. The van der Waals surface area contributed by atoms with Gasteiger partial charge in [0.1, 0.15) is 5.78 Å². The lowest BCUT2D eigenvalue weighted by Gasteiger charge is -2.25. The summed E-state index contributed by atoms with van der Waals surface area (Å²) in [4.78, 5) is 11.0. The zero-order valence-corrected chi connectivity index (χ0v) is 10.9. The van der Waals surface area contributed by atoms with Crippen LogP contribution in [0.15, 0.2) is 0 Å². The fourth-order valence-corrected chi connectivity index (χ4v) is 2.35. The van der Waals surface area contributed by atoms with Gasteiger partial charge in [0.05, 0.1) is 6.04 Å². The van der Waals surface area contributed by atoms with Crippen molar-refractivity contribution in [3.05, 3.63) is 0 Å². The first-order valence-corrected chi connectivity index (χ1v) is 6.85. The Labute approximate surface area is 100.0 Å². The number of rotatable bonds is 8. The molecule has 1 saturated carbocycles. The van der Waals surface area contributed by atoms with Gasteiger partial charge in [-0.25, -0.2) is 0 Å². The summed E-state index contributed by atoms with van der Waals surface area (Å²) in [5, 5.41) is 0. The average Bonchev–Trinajstić information content (AvgIpc) is 2.17. The highest BCUT2D eigenvalue weighted by atomic mass is 16.1. The Morgan fingerprint density at radius 1 is 1.31 bits per heavy atom. The molecule has 0 aromatic heterocycles. The predicted octanol–water partition coefficient (Wildman–Crippen LogP) is 3.29. The Morgan fingerprint density at radius 2 is 2.00 bits per heavy atom. The van der Waals surface area contributed by atoms with Crippen LogP contribution in [0, 0.1) is 11.8 Å². The van der Waals surface area contributed by atoms with Gasteiger partial charge in [-0.05, 0) is 31.6 Å². The molecule has 0 saturated heterocycles. The summed E-state index contributed by atoms with van der Waals surface area (Å²) >= 11 is 0. The smallest absolute Gasteiger partial charge is 0.146 e. The quantitative estimate of drug-likeness (QED) is 0.689. The SMILES string of the molecule is CC(=O)[C@@H](N)CC[C@H](C)CCCC1CCC1. The first-order valence-electron chi connectivity index (χ1n) is 6.85. The molecule has 0 radical (unpaired) electrons. The zero-order chi connectivity index (χ0) is 12.0. The van der Waals surface area contributed by atoms with Crippen LogP contribution < -0.4 is 5.73 Å². The largest absolute Gasteiger partial charge is 0.322 e. The number of hydrogen-bond donors (Lipinski definition) is 1. The maximum Gasteiger partial charge on any atom is 0.146 e. The first kappa shape index (κ1) is 13.7. The molecule has 2 heteroatoms. The molecule has 0 amide bonds. The van der Waals surface area contributed by atoms with Crippen molar-refractivity contribution < 1.29 is 4.79 Å². The van der Waals surface area contributed by atoms with Crippen molar-refractivity contribution in [3.63, 3.8) is 0 Å². The molecule has 2 atom stereocenters. The van der Waals surface area contributed by atoms with Crippen molar-refractivity contribution in [3.8, 4) is 0 Å². The van der Waals surface area contributed by atoms with Gasteiger partial charge in [-0.15, -0.1) is 0 Å². The molecule has 0 unspecified atom stereocenters. The standard InChI is InChI=1S/C14H27NO/c1-11(9-10-14(15)12(2)16)5-3-6-13-7-4-8-13/h11,13-14H,3-10,15H2,1-2H3/t11-,14+/m1/s1. The summed E-state index contributed by atoms with van der Waals surface area (Å²) < 4.78 is 0. The zero-order valence-electron chi connectivity index (χ0n) is 10.9. The topological polar surface area (TPSA) is 43.1 Å². The van der Waals surface area contributed by atoms with Crippen molar-refractivity contribution in [2.75, 3.05) is 0 Å². The van der Waals surface area contributed by atoms with Crippen molar-refractivity contribution in [1.29, 1.82) is 0 Å². The van der Waals surface area contributed by atoms with E-state index in [9.17, 15) is 4.79 Å². The van der Waals surface area contributed by atoms with E-state index in [4.69, 9.17) is 5.73 Å². The minimum absolute atomic E-state index is 0.127.